The van der Waals surface area contributed by atoms with Crippen LogP contribution in [0.2, 0.25) is 0 Å². The summed E-state index contributed by atoms with van der Waals surface area (Å²) in [5.41, 5.74) is 15.9. The maximum atomic E-state index is 12.9. The van der Waals surface area contributed by atoms with Crippen LogP contribution in [-0.4, -0.2) is 66.0 Å². The average molecular weight is 458 g/mol. The van der Waals surface area contributed by atoms with Crippen molar-refractivity contribution >= 4 is 29.7 Å². The van der Waals surface area contributed by atoms with Gasteiger partial charge in [-0.15, -0.1) is 0 Å². The Morgan fingerprint density at radius 1 is 0.969 bits per heavy atom. The van der Waals surface area contributed by atoms with Crippen LogP contribution in [-0.2, 0) is 19.2 Å². The first-order chi connectivity index (χ1) is 14.9. The smallest absolute Gasteiger partial charge is 0.326 e. The van der Waals surface area contributed by atoms with Crippen molar-refractivity contribution in [1.29, 1.82) is 0 Å². The van der Waals surface area contributed by atoms with Gasteiger partial charge in [0.2, 0.25) is 17.7 Å². The van der Waals surface area contributed by atoms with Crippen LogP contribution in [0, 0.1) is 11.8 Å². The molecule has 0 heterocycles. The zero-order valence-corrected chi connectivity index (χ0v) is 19.4. The van der Waals surface area contributed by atoms with Crippen molar-refractivity contribution in [2.75, 3.05) is 13.1 Å². The number of amides is 3. The Kier molecular flexibility index (Phi) is 13.6. The molecule has 0 aromatic rings. The van der Waals surface area contributed by atoms with E-state index in [9.17, 15) is 24.3 Å². The number of aliphatic carboxylic acids is 1. The fraction of sp³-hybridized carbons (Fsp3) is 0.750. The Labute approximate surface area is 189 Å². The molecule has 12 heteroatoms. The number of carboxylic acids is 1. The number of nitrogens with one attached hydrogen (secondary N) is 3. The van der Waals surface area contributed by atoms with E-state index in [-0.39, 0.29) is 37.3 Å². The second-order valence-corrected chi connectivity index (χ2v) is 8.17. The second-order valence-electron chi connectivity index (χ2n) is 8.17. The molecule has 4 unspecified atom stereocenters. The molecule has 0 aromatic heterocycles. The van der Waals surface area contributed by atoms with E-state index in [1.54, 1.807) is 6.92 Å². The third-order valence-corrected chi connectivity index (χ3v) is 4.90. The summed E-state index contributed by atoms with van der Waals surface area (Å²) >= 11 is 0. The summed E-state index contributed by atoms with van der Waals surface area (Å²) in [6.45, 7) is 7.26. The molecule has 0 bridgehead atoms. The quantitative estimate of drug-likeness (QED) is 0.0882. The van der Waals surface area contributed by atoms with Crippen LogP contribution >= 0.6 is 0 Å². The molecule has 0 aliphatic heterocycles. The maximum Gasteiger partial charge on any atom is 0.326 e. The summed E-state index contributed by atoms with van der Waals surface area (Å²) in [7, 11) is 0. The number of guanidine groups is 1. The molecule has 4 atom stereocenters. The molecule has 0 radical (unpaired) electrons. The molecule has 0 rings (SSSR count). The zero-order chi connectivity index (χ0) is 24.8. The number of hydrogen-bond donors (Lipinski definition) is 7. The van der Waals surface area contributed by atoms with E-state index < -0.39 is 41.8 Å². The monoisotopic (exact) mass is 457 g/mol. The summed E-state index contributed by atoms with van der Waals surface area (Å²) in [6, 6.07) is -3.02. The molecule has 0 saturated heterocycles. The molecule has 0 aromatic carbocycles. The minimum Gasteiger partial charge on any atom is -0.480 e. The van der Waals surface area contributed by atoms with Crippen molar-refractivity contribution in [1.82, 2.24) is 16.0 Å². The number of nitrogens with two attached hydrogens (primary N) is 3. The van der Waals surface area contributed by atoms with Gasteiger partial charge in [0.15, 0.2) is 5.96 Å². The predicted molar refractivity (Wildman–Crippen MR) is 121 cm³/mol. The zero-order valence-electron chi connectivity index (χ0n) is 19.4. The largest absolute Gasteiger partial charge is 0.480 e. The van der Waals surface area contributed by atoms with Crippen LogP contribution in [0.15, 0.2) is 4.99 Å². The highest BCUT2D eigenvalue weighted by Gasteiger charge is 2.31. The summed E-state index contributed by atoms with van der Waals surface area (Å²) in [4.78, 5) is 52.9. The molecule has 0 saturated carbocycles. The van der Waals surface area contributed by atoms with Crippen molar-refractivity contribution in [3.63, 3.8) is 0 Å². The van der Waals surface area contributed by atoms with Gasteiger partial charge >= 0.3 is 5.97 Å². The van der Waals surface area contributed by atoms with Gasteiger partial charge in [-0.2, -0.15) is 0 Å². The highest BCUT2D eigenvalue weighted by molar-refractivity contribution is 5.93. The minimum absolute atomic E-state index is 0.0831. The third kappa shape index (κ3) is 11.5. The predicted octanol–water partition coefficient (Wildman–Crippen LogP) is -1.37. The lowest BCUT2D eigenvalue weighted by Gasteiger charge is -2.26. The van der Waals surface area contributed by atoms with Crippen molar-refractivity contribution in [2.24, 2.45) is 34.0 Å². The number of carboxylic acid groups (broad SMARTS) is 1. The van der Waals surface area contributed by atoms with E-state index in [1.165, 1.54) is 0 Å². The fourth-order valence-electron chi connectivity index (χ4n) is 2.94. The van der Waals surface area contributed by atoms with Crippen LogP contribution in [0.25, 0.3) is 0 Å². The summed E-state index contributed by atoms with van der Waals surface area (Å²) in [5, 5.41) is 17.2. The summed E-state index contributed by atoms with van der Waals surface area (Å²) in [5.74, 6) is -3.18. The molecular weight excluding hydrogens is 418 g/mol. The Morgan fingerprint density at radius 2 is 1.56 bits per heavy atom. The van der Waals surface area contributed by atoms with Crippen LogP contribution in [0.3, 0.4) is 0 Å². The normalized spacial score (nSPS) is 14.6. The first-order valence-corrected chi connectivity index (χ1v) is 10.8. The number of carbonyl (C=O) groups is 4. The van der Waals surface area contributed by atoms with Gasteiger partial charge in [0.25, 0.3) is 0 Å². The van der Waals surface area contributed by atoms with Gasteiger partial charge in [-0.25, -0.2) is 4.79 Å². The van der Waals surface area contributed by atoms with Gasteiger partial charge in [0, 0.05) is 6.54 Å². The van der Waals surface area contributed by atoms with E-state index in [0.717, 1.165) is 0 Å². The summed E-state index contributed by atoms with van der Waals surface area (Å²) < 4.78 is 0. The third-order valence-electron chi connectivity index (χ3n) is 4.90. The highest BCUT2D eigenvalue weighted by Crippen LogP contribution is 2.10. The molecule has 0 aliphatic rings. The highest BCUT2D eigenvalue weighted by atomic mass is 16.4. The lowest BCUT2D eigenvalue weighted by Crippen LogP contribution is -2.57. The Bertz CT molecular complexity index is 665. The Hall–Kier alpha value is -2.89. The van der Waals surface area contributed by atoms with Crippen molar-refractivity contribution in [3.05, 3.63) is 0 Å². The fourth-order valence-corrected chi connectivity index (χ4v) is 2.94. The van der Waals surface area contributed by atoms with Crippen LogP contribution < -0.4 is 33.2 Å². The Morgan fingerprint density at radius 3 is 2.03 bits per heavy atom. The van der Waals surface area contributed by atoms with E-state index in [2.05, 4.69) is 20.9 Å². The first kappa shape index (κ1) is 29.1. The molecule has 184 valence electrons. The van der Waals surface area contributed by atoms with Crippen LogP contribution in [0.1, 0.15) is 53.4 Å². The molecule has 10 N–H and O–H groups in total. The average Bonchev–Trinajstić information content (AvgIpc) is 2.71. The number of aliphatic imine (C=N–C) groups is 1. The van der Waals surface area contributed by atoms with Gasteiger partial charge in [0.1, 0.15) is 18.1 Å². The molecular formula is C20H39N7O5. The van der Waals surface area contributed by atoms with Crippen LogP contribution in [0.5, 0.6) is 0 Å². The van der Waals surface area contributed by atoms with Gasteiger partial charge in [0.05, 0.1) is 6.54 Å². The van der Waals surface area contributed by atoms with E-state index in [1.807, 2.05) is 20.8 Å². The van der Waals surface area contributed by atoms with E-state index in [0.29, 0.717) is 19.3 Å². The molecule has 0 aliphatic carbocycles. The SMILES string of the molecule is CCC(C)C(NC(=O)C(CCCN=C(N)N)NC(=O)C(CC(C)C)NC(=O)CN)C(=O)O. The van der Waals surface area contributed by atoms with E-state index in [4.69, 9.17) is 17.2 Å². The number of hydrogen-bond acceptors (Lipinski definition) is 6. The molecule has 0 fully saturated rings. The number of carbonyl (C=O) groups excluding carboxylic acids is 3. The molecule has 12 nitrogen and oxygen atoms in total. The van der Waals surface area contributed by atoms with Crippen molar-refractivity contribution in [2.45, 2.75) is 71.5 Å². The summed E-state index contributed by atoms with van der Waals surface area (Å²) in [6.07, 6.45) is 1.41. The Balaban J connectivity index is 5.53. The van der Waals surface area contributed by atoms with Crippen molar-refractivity contribution in [3.8, 4) is 0 Å². The van der Waals surface area contributed by atoms with Gasteiger partial charge in [-0.05, 0) is 31.1 Å². The number of rotatable bonds is 15. The number of nitrogens with zero attached hydrogens (tertiary/aromatic N) is 1. The molecule has 3 amide bonds. The van der Waals surface area contributed by atoms with E-state index >= 15 is 0 Å². The maximum absolute atomic E-state index is 12.9. The van der Waals surface area contributed by atoms with Gasteiger partial charge in [-0.1, -0.05) is 34.1 Å². The standard InChI is InChI=1S/C20H39N7O5/c1-5-12(4)16(19(31)32)27-17(29)13(7-6-8-24-20(22)23)26-18(30)14(9-11(2)3)25-15(28)10-21/h11-14,16H,5-10,21H2,1-4H3,(H,25,28)(H,26,30)(H,27,29)(H,31,32)(H4,22,23,24). The second kappa shape index (κ2) is 15.0. The lowest BCUT2D eigenvalue weighted by atomic mass is 9.98. The van der Waals surface area contributed by atoms with Crippen molar-refractivity contribution < 1.29 is 24.3 Å². The minimum atomic E-state index is -1.16. The lowest BCUT2D eigenvalue weighted by molar-refractivity contribution is -0.144. The molecule has 32 heavy (non-hydrogen) atoms. The topological polar surface area (TPSA) is 215 Å². The first-order valence-electron chi connectivity index (χ1n) is 10.8. The van der Waals surface area contributed by atoms with Gasteiger partial charge < -0.3 is 38.3 Å². The van der Waals surface area contributed by atoms with Gasteiger partial charge in [-0.3, -0.25) is 19.4 Å². The van der Waals surface area contributed by atoms with Crippen LogP contribution in [0.4, 0.5) is 0 Å². The molecule has 0 spiro atoms.